The van der Waals surface area contributed by atoms with Crippen molar-refractivity contribution in [3.8, 4) is 5.75 Å². The van der Waals surface area contributed by atoms with E-state index in [4.69, 9.17) is 0 Å². The fraction of sp³-hybridized carbons (Fsp3) is 0.333. The highest BCUT2D eigenvalue weighted by molar-refractivity contribution is 5.85. The molecule has 2 unspecified atom stereocenters. The highest BCUT2D eigenvalue weighted by Crippen LogP contribution is 2.41. The van der Waals surface area contributed by atoms with Gasteiger partial charge in [-0.2, -0.15) is 0 Å². The molecule has 0 saturated carbocycles. The molecule has 2 aliphatic rings. The predicted molar refractivity (Wildman–Crippen MR) is 98.1 cm³/mol. The Kier molecular flexibility index (Phi) is 5.93. The molecule has 2 aromatic rings. The number of phenolic OH excluding ortho intramolecular Hbond substituents is 1. The summed E-state index contributed by atoms with van der Waals surface area (Å²) in [6, 6.07) is 17.0. The highest BCUT2D eigenvalue weighted by atomic mass is 35.5. The van der Waals surface area contributed by atoms with E-state index in [2.05, 4.69) is 46.6 Å². The van der Waals surface area contributed by atoms with Crippen molar-refractivity contribution in [1.29, 1.82) is 0 Å². The summed E-state index contributed by atoms with van der Waals surface area (Å²) in [5.41, 5.74) is 4.01. The average molecular weight is 353 g/mol. The zero-order valence-corrected chi connectivity index (χ0v) is 14.4. The van der Waals surface area contributed by atoms with Crippen molar-refractivity contribution < 1.29 is 5.11 Å². The Hall–Kier alpha value is -1.26. The Morgan fingerprint density at radius 2 is 1.78 bits per heavy atom. The molecule has 0 spiro atoms. The molecule has 0 amide bonds. The summed E-state index contributed by atoms with van der Waals surface area (Å²) in [4.78, 5) is 2.55. The number of hydrogen-bond donors (Lipinski definition) is 2. The maximum absolute atomic E-state index is 9.90. The summed E-state index contributed by atoms with van der Waals surface area (Å²) in [5.74, 6) is 0.768. The molecule has 0 aromatic heterocycles. The number of benzene rings is 2. The van der Waals surface area contributed by atoms with Gasteiger partial charge < -0.3 is 10.4 Å². The molecule has 2 aromatic carbocycles. The predicted octanol–water partition coefficient (Wildman–Crippen LogP) is 3.33. The molecule has 2 heterocycles. The third-order valence-corrected chi connectivity index (χ3v) is 4.78. The second-order valence-corrected chi connectivity index (χ2v) is 5.99. The van der Waals surface area contributed by atoms with E-state index in [1.165, 1.54) is 16.7 Å². The number of rotatable bonds is 1. The molecule has 5 heteroatoms. The Balaban J connectivity index is 0.000000960. The first-order chi connectivity index (χ1) is 10.3. The summed E-state index contributed by atoms with van der Waals surface area (Å²) in [7, 11) is 0. The Labute approximate surface area is 149 Å². The highest BCUT2D eigenvalue weighted by Gasteiger charge is 2.35. The SMILES string of the molecule is Cl.Cl.Oc1ccc2c(c1)C1CNCCN1CC2c1ccccc1. The van der Waals surface area contributed by atoms with Crippen LogP contribution in [-0.2, 0) is 0 Å². The first kappa shape index (κ1) is 18.1. The number of piperazine rings is 1. The van der Waals surface area contributed by atoms with Gasteiger partial charge in [-0.1, -0.05) is 36.4 Å². The molecule has 124 valence electrons. The number of nitrogens with zero attached hydrogens (tertiary/aromatic N) is 1. The van der Waals surface area contributed by atoms with E-state index < -0.39 is 0 Å². The van der Waals surface area contributed by atoms with Crippen LogP contribution in [0, 0.1) is 0 Å². The molecule has 1 fully saturated rings. The van der Waals surface area contributed by atoms with Gasteiger partial charge in [0.25, 0.3) is 0 Å². The molecule has 0 aliphatic carbocycles. The lowest BCUT2D eigenvalue weighted by Gasteiger charge is -2.44. The molecule has 4 rings (SSSR count). The van der Waals surface area contributed by atoms with E-state index in [1.807, 2.05) is 12.1 Å². The van der Waals surface area contributed by atoms with E-state index in [0.717, 1.165) is 26.2 Å². The molecule has 2 N–H and O–H groups in total. The summed E-state index contributed by atoms with van der Waals surface area (Å²) in [6.07, 6.45) is 0. The zero-order valence-electron chi connectivity index (χ0n) is 12.8. The van der Waals surface area contributed by atoms with Gasteiger partial charge in [-0.05, 0) is 28.8 Å². The van der Waals surface area contributed by atoms with E-state index >= 15 is 0 Å². The van der Waals surface area contributed by atoms with Crippen LogP contribution >= 0.6 is 24.8 Å². The molecule has 0 radical (unpaired) electrons. The lowest BCUT2D eigenvalue weighted by molar-refractivity contribution is 0.143. The fourth-order valence-electron chi connectivity index (χ4n) is 3.74. The number of fused-ring (bicyclic) bond motifs is 3. The van der Waals surface area contributed by atoms with Crippen molar-refractivity contribution in [2.24, 2.45) is 0 Å². The maximum Gasteiger partial charge on any atom is 0.115 e. The van der Waals surface area contributed by atoms with Crippen molar-refractivity contribution in [2.45, 2.75) is 12.0 Å². The van der Waals surface area contributed by atoms with Crippen molar-refractivity contribution in [1.82, 2.24) is 10.2 Å². The monoisotopic (exact) mass is 352 g/mol. The quantitative estimate of drug-likeness (QED) is 0.826. The van der Waals surface area contributed by atoms with E-state index in [0.29, 0.717) is 17.7 Å². The van der Waals surface area contributed by atoms with Crippen LogP contribution < -0.4 is 5.32 Å². The van der Waals surface area contributed by atoms with Crippen LogP contribution in [0.25, 0.3) is 0 Å². The van der Waals surface area contributed by atoms with Crippen LogP contribution in [0.5, 0.6) is 5.75 Å². The third kappa shape index (κ3) is 3.33. The second-order valence-electron chi connectivity index (χ2n) is 5.99. The minimum atomic E-state index is 0. The third-order valence-electron chi connectivity index (χ3n) is 4.78. The van der Waals surface area contributed by atoms with Crippen LogP contribution in [0.3, 0.4) is 0 Å². The van der Waals surface area contributed by atoms with Crippen molar-refractivity contribution in [3.63, 3.8) is 0 Å². The molecule has 0 bridgehead atoms. The number of nitrogens with one attached hydrogen (secondary N) is 1. The number of hydrogen-bond acceptors (Lipinski definition) is 3. The van der Waals surface area contributed by atoms with Gasteiger partial charge in [-0.25, -0.2) is 0 Å². The van der Waals surface area contributed by atoms with Gasteiger partial charge in [0.15, 0.2) is 0 Å². The van der Waals surface area contributed by atoms with Gasteiger partial charge in [-0.3, -0.25) is 4.90 Å². The Morgan fingerprint density at radius 1 is 1.00 bits per heavy atom. The zero-order chi connectivity index (χ0) is 14.2. The van der Waals surface area contributed by atoms with E-state index in [9.17, 15) is 5.11 Å². The first-order valence-electron chi connectivity index (χ1n) is 7.65. The van der Waals surface area contributed by atoms with E-state index in [1.54, 1.807) is 0 Å². The minimum absolute atomic E-state index is 0. The molecule has 2 aliphatic heterocycles. The average Bonchev–Trinajstić information content (AvgIpc) is 2.55. The summed E-state index contributed by atoms with van der Waals surface area (Å²) in [5, 5.41) is 13.4. The minimum Gasteiger partial charge on any atom is -0.508 e. The molecule has 1 saturated heterocycles. The topological polar surface area (TPSA) is 35.5 Å². The molecule has 23 heavy (non-hydrogen) atoms. The lowest BCUT2D eigenvalue weighted by Crippen LogP contribution is -2.50. The number of aromatic hydroxyl groups is 1. The van der Waals surface area contributed by atoms with Crippen molar-refractivity contribution in [2.75, 3.05) is 26.2 Å². The van der Waals surface area contributed by atoms with Crippen LogP contribution in [-0.4, -0.2) is 36.2 Å². The smallest absolute Gasteiger partial charge is 0.115 e. The Bertz CT molecular complexity index is 651. The first-order valence-corrected chi connectivity index (χ1v) is 7.65. The summed E-state index contributed by atoms with van der Waals surface area (Å²) in [6.45, 7) is 4.15. The van der Waals surface area contributed by atoms with Gasteiger partial charge in [0.2, 0.25) is 0 Å². The molecule has 2 atom stereocenters. The van der Waals surface area contributed by atoms with Gasteiger partial charge in [0, 0.05) is 38.1 Å². The lowest BCUT2D eigenvalue weighted by atomic mass is 9.80. The van der Waals surface area contributed by atoms with Gasteiger partial charge in [0.05, 0.1) is 0 Å². The fourth-order valence-corrected chi connectivity index (χ4v) is 3.74. The molecule has 3 nitrogen and oxygen atoms in total. The van der Waals surface area contributed by atoms with Crippen LogP contribution in [0.4, 0.5) is 0 Å². The second kappa shape index (κ2) is 7.54. The van der Waals surface area contributed by atoms with E-state index in [-0.39, 0.29) is 24.8 Å². The summed E-state index contributed by atoms with van der Waals surface area (Å²) < 4.78 is 0. The van der Waals surface area contributed by atoms with Gasteiger partial charge >= 0.3 is 0 Å². The summed E-state index contributed by atoms with van der Waals surface area (Å²) >= 11 is 0. The largest absolute Gasteiger partial charge is 0.508 e. The van der Waals surface area contributed by atoms with Gasteiger partial charge in [-0.15, -0.1) is 24.8 Å². The number of phenols is 1. The molecular weight excluding hydrogens is 331 g/mol. The van der Waals surface area contributed by atoms with Crippen LogP contribution in [0.1, 0.15) is 28.7 Å². The number of halogens is 2. The normalized spacial score (nSPS) is 23.0. The Morgan fingerprint density at radius 3 is 2.57 bits per heavy atom. The van der Waals surface area contributed by atoms with Crippen LogP contribution in [0.2, 0.25) is 0 Å². The van der Waals surface area contributed by atoms with Gasteiger partial charge in [0.1, 0.15) is 5.75 Å². The van der Waals surface area contributed by atoms with Crippen LogP contribution in [0.15, 0.2) is 48.5 Å². The standard InChI is InChI=1S/C18H20N2O.2ClH/c21-14-6-7-15-16(10-14)18-11-19-8-9-20(18)12-17(15)13-4-2-1-3-5-13;;/h1-7,10,17-19,21H,8-9,11-12H2;2*1H. The maximum atomic E-state index is 9.90. The molecular formula is C18H22Cl2N2O. The van der Waals surface area contributed by atoms with Crippen molar-refractivity contribution in [3.05, 3.63) is 65.2 Å². The van der Waals surface area contributed by atoms with Crippen molar-refractivity contribution >= 4 is 24.8 Å².